The quantitative estimate of drug-likeness (QED) is 0.817. The van der Waals surface area contributed by atoms with Crippen molar-refractivity contribution >= 4 is 15.8 Å². The van der Waals surface area contributed by atoms with Gasteiger partial charge < -0.3 is 5.11 Å². The molecule has 1 saturated carbocycles. The van der Waals surface area contributed by atoms with Gasteiger partial charge in [-0.2, -0.15) is 13.2 Å². The molecule has 1 aliphatic rings. The summed E-state index contributed by atoms with van der Waals surface area (Å²) in [7, 11) is -3.34. The van der Waals surface area contributed by atoms with Crippen LogP contribution < -0.4 is 5.32 Å². The van der Waals surface area contributed by atoms with E-state index in [1.54, 1.807) is 0 Å². The van der Waals surface area contributed by atoms with Crippen molar-refractivity contribution in [2.24, 2.45) is 0 Å². The first-order valence-corrected chi connectivity index (χ1v) is 8.10. The number of halogens is 3. The van der Waals surface area contributed by atoms with Crippen LogP contribution in [0.2, 0.25) is 0 Å². The second-order valence-electron chi connectivity index (χ2n) is 5.39. The molecule has 9 heteroatoms. The van der Waals surface area contributed by atoms with Crippen molar-refractivity contribution in [2.75, 3.05) is 6.26 Å². The van der Waals surface area contributed by atoms with Gasteiger partial charge in [-0.3, -0.25) is 5.32 Å². The van der Waals surface area contributed by atoms with Gasteiger partial charge in [0.25, 0.3) is 0 Å². The maximum Gasteiger partial charge on any atom is 0.417 e. The largest absolute Gasteiger partial charge is 0.480 e. The van der Waals surface area contributed by atoms with E-state index >= 15 is 0 Å². The third-order valence-electron chi connectivity index (χ3n) is 3.72. The number of carboxylic acids is 1. The summed E-state index contributed by atoms with van der Waals surface area (Å²) in [5.74, 6) is -2.02. The minimum Gasteiger partial charge on any atom is -0.480 e. The molecule has 0 aromatic carbocycles. The van der Waals surface area contributed by atoms with Crippen molar-refractivity contribution in [1.29, 1.82) is 0 Å². The number of nitrogens with one attached hydrogen (secondary N) is 1. The van der Waals surface area contributed by atoms with E-state index in [0.717, 1.165) is 6.26 Å². The van der Waals surface area contributed by atoms with Crippen molar-refractivity contribution in [3.8, 4) is 0 Å². The second kappa shape index (κ2) is 5.51. The lowest BCUT2D eigenvalue weighted by Gasteiger charge is -2.36. The summed E-state index contributed by atoms with van der Waals surface area (Å²) >= 11 is 0. The lowest BCUT2D eigenvalue weighted by Crippen LogP contribution is -2.63. The normalized spacial score (nSPS) is 27.9. The number of aliphatic carboxylic acids is 1. The number of sulfone groups is 1. The van der Waals surface area contributed by atoms with Crippen LogP contribution in [0.5, 0.6) is 0 Å². The van der Waals surface area contributed by atoms with Crippen LogP contribution in [0.1, 0.15) is 32.6 Å². The van der Waals surface area contributed by atoms with E-state index in [1.807, 2.05) is 0 Å². The summed E-state index contributed by atoms with van der Waals surface area (Å²) in [5.41, 5.74) is -3.07. The average molecular weight is 317 g/mol. The molecule has 3 unspecified atom stereocenters. The fourth-order valence-electron chi connectivity index (χ4n) is 2.34. The smallest absolute Gasteiger partial charge is 0.417 e. The van der Waals surface area contributed by atoms with Crippen LogP contribution in [-0.2, 0) is 14.6 Å². The summed E-state index contributed by atoms with van der Waals surface area (Å²) < 4.78 is 61.6. The second-order valence-corrected chi connectivity index (χ2v) is 7.71. The van der Waals surface area contributed by atoms with E-state index in [-0.39, 0.29) is 6.42 Å². The Kier molecular flexibility index (Phi) is 4.75. The number of alkyl halides is 3. The molecular weight excluding hydrogens is 299 g/mol. The molecule has 0 aliphatic heterocycles. The van der Waals surface area contributed by atoms with Gasteiger partial charge in [0, 0.05) is 12.3 Å². The first kappa shape index (κ1) is 17.2. The van der Waals surface area contributed by atoms with Crippen LogP contribution >= 0.6 is 0 Å². The summed E-state index contributed by atoms with van der Waals surface area (Å²) in [6.45, 7) is 0.555. The van der Waals surface area contributed by atoms with Gasteiger partial charge in [0.2, 0.25) is 5.54 Å². The summed E-state index contributed by atoms with van der Waals surface area (Å²) in [6, 6.07) is -0.786. The van der Waals surface area contributed by atoms with E-state index < -0.39 is 38.8 Å². The molecule has 3 atom stereocenters. The molecule has 5 nitrogen and oxygen atoms in total. The third-order valence-corrected chi connectivity index (χ3v) is 5.36. The van der Waals surface area contributed by atoms with E-state index in [9.17, 15) is 26.4 Å². The maximum atomic E-state index is 12.9. The van der Waals surface area contributed by atoms with Crippen molar-refractivity contribution < 1.29 is 31.5 Å². The van der Waals surface area contributed by atoms with E-state index in [1.165, 1.54) is 0 Å². The predicted octanol–water partition coefficient (Wildman–Crippen LogP) is 1.34. The Labute approximate surface area is 115 Å². The highest BCUT2D eigenvalue weighted by Gasteiger charge is 2.58. The van der Waals surface area contributed by atoms with Crippen LogP contribution in [0.4, 0.5) is 13.2 Å². The van der Waals surface area contributed by atoms with Crippen molar-refractivity contribution in [3.63, 3.8) is 0 Å². The maximum absolute atomic E-state index is 12.9. The molecule has 0 aromatic heterocycles. The van der Waals surface area contributed by atoms with Crippen molar-refractivity contribution in [1.82, 2.24) is 5.32 Å². The van der Waals surface area contributed by atoms with Crippen LogP contribution in [0.3, 0.4) is 0 Å². The fourth-order valence-corrected chi connectivity index (χ4v) is 3.51. The Morgan fingerprint density at radius 2 is 1.85 bits per heavy atom. The standard InChI is InChI=1S/C11H18F3NO4S/c1-10(9(16)17,11(12,13)14)15-7-4-3-5-8(6-7)20(2,18)19/h7-8,15H,3-6H2,1-2H3,(H,16,17). The average Bonchev–Trinajstić information content (AvgIpc) is 2.26. The molecule has 2 N–H and O–H groups in total. The first-order valence-electron chi connectivity index (χ1n) is 6.14. The zero-order chi connectivity index (χ0) is 15.8. The van der Waals surface area contributed by atoms with E-state index in [2.05, 4.69) is 5.32 Å². The Balaban J connectivity index is 2.88. The molecule has 0 bridgehead atoms. The van der Waals surface area contributed by atoms with Gasteiger partial charge in [0.15, 0.2) is 0 Å². The topological polar surface area (TPSA) is 83.5 Å². The Morgan fingerprint density at radius 3 is 2.25 bits per heavy atom. The van der Waals surface area contributed by atoms with E-state index in [0.29, 0.717) is 26.2 Å². The zero-order valence-electron chi connectivity index (χ0n) is 11.2. The van der Waals surface area contributed by atoms with Gasteiger partial charge in [-0.15, -0.1) is 0 Å². The molecule has 118 valence electrons. The van der Waals surface area contributed by atoms with Crippen LogP contribution in [0, 0.1) is 0 Å². The molecule has 0 radical (unpaired) electrons. The van der Waals surface area contributed by atoms with Gasteiger partial charge in [-0.25, -0.2) is 13.2 Å². The molecule has 0 saturated heterocycles. The van der Waals surface area contributed by atoms with Gasteiger partial charge in [-0.05, 0) is 26.2 Å². The number of hydrogen-bond donors (Lipinski definition) is 2. The Hall–Kier alpha value is -0.830. The number of rotatable bonds is 4. The first-order chi connectivity index (χ1) is 8.88. The Morgan fingerprint density at radius 1 is 1.30 bits per heavy atom. The molecule has 0 amide bonds. The molecule has 0 heterocycles. The van der Waals surface area contributed by atoms with Gasteiger partial charge >= 0.3 is 12.1 Å². The van der Waals surface area contributed by atoms with Gasteiger partial charge in [0.05, 0.1) is 5.25 Å². The molecule has 1 aliphatic carbocycles. The van der Waals surface area contributed by atoms with E-state index in [4.69, 9.17) is 5.11 Å². The Bertz CT molecular complexity index is 477. The summed E-state index contributed by atoms with van der Waals surface area (Å²) in [5, 5.41) is 10.2. The summed E-state index contributed by atoms with van der Waals surface area (Å²) in [6.07, 6.45) is -2.75. The third kappa shape index (κ3) is 3.63. The predicted molar refractivity (Wildman–Crippen MR) is 66.1 cm³/mol. The van der Waals surface area contributed by atoms with Crippen molar-refractivity contribution in [2.45, 2.75) is 55.6 Å². The zero-order valence-corrected chi connectivity index (χ0v) is 12.0. The number of carbonyl (C=O) groups is 1. The molecule has 0 spiro atoms. The van der Waals surface area contributed by atoms with Crippen LogP contribution in [-0.4, -0.2) is 48.8 Å². The van der Waals surface area contributed by atoms with Gasteiger partial charge in [0.1, 0.15) is 9.84 Å². The number of carboxylic acid groups (broad SMARTS) is 1. The van der Waals surface area contributed by atoms with Crippen LogP contribution in [0.25, 0.3) is 0 Å². The highest BCUT2D eigenvalue weighted by Crippen LogP contribution is 2.33. The lowest BCUT2D eigenvalue weighted by molar-refractivity contribution is -0.208. The minimum absolute atomic E-state index is 0.00220. The molecule has 20 heavy (non-hydrogen) atoms. The molecule has 1 fully saturated rings. The monoisotopic (exact) mass is 317 g/mol. The molecule has 0 aromatic rings. The minimum atomic E-state index is -4.96. The highest BCUT2D eigenvalue weighted by atomic mass is 32.2. The SMILES string of the molecule is CC(NC1CCCC(S(C)(=O)=O)C1)(C(=O)O)C(F)(F)F. The molecular formula is C11H18F3NO4S. The lowest BCUT2D eigenvalue weighted by atomic mass is 9.91. The fraction of sp³-hybridized carbons (Fsp3) is 0.909. The highest BCUT2D eigenvalue weighted by molar-refractivity contribution is 7.91. The van der Waals surface area contributed by atoms with Crippen molar-refractivity contribution in [3.05, 3.63) is 0 Å². The van der Waals surface area contributed by atoms with Gasteiger partial charge in [-0.1, -0.05) is 6.42 Å². The summed E-state index contributed by atoms with van der Waals surface area (Å²) in [4.78, 5) is 10.9. The number of hydrogen-bond acceptors (Lipinski definition) is 4. The van der Waals surface area contributed by atoms with Crippen LogP contribution in [0.15, 0.2) is 0 Å². The molecule has 1 rings (SSSR count).